The Labute approximate surface area is 204 Å². The van der Waals surface area contributed by atoms with Crippen LogP contribution in [0, 0.1) is 6.92 Å². The molecular weight excluding hydrogens is 477 g/mol. The fourth-order valence-corrected chi connectivity index (χ4v) is 4.02. The number of amides is 2. The summed E-state index contributed by atoms with van der Waals surface area (Å²) in [4.78, 5) is 31.5. The summed E-state index contributed by atoms with van der Waals surface area (Å²) in [5.41, 5.74) is 5.92. The lowest BCUT2D eigenvalue weighted by Gasteiger charge is -2.21. The van der Waals surface area contributed by atoms with Crippen molar-refractivity contribution < 1.29 is 27.6 Å². The van der Waals surface area contributed by atoms with Crippen LogP contribution in [0.3, 0.4) is 0 Å². The molecule has 0 radical (unpaired) electrons. The Morgan fingerprint density at radius 1 is 1.17 bits per heavy atom. The minimum Gasteiger partial charge on any atom is -0.398 e. The van der Waals surface area contributed by atoms with Crippen molar-refractivity contribution in [1.82, 2.24) is 9.78 Å². The summed E-state index contributed by atoms with van der Waals surface area (Å²) in [6.45, 7) is 2.62. The van der Waals surface area contributed by atoms with Gasteiger partial charge in [0.15, 0.2) is 5.69 Å². The van der Waals surface area contributed by atoms with Crippen LogP contribution in [0.4, 0.5) is 24.5 Å². The molecule has 1 aliphatic rings. The number of hydrogen-bond donors (Lipinski definition) is 2. The third kappa shape index (κ3) is 5.02. The van der Waals surface area contributed by atoms with Gasteiger partial charge in [-0.05, 0) is 55.3 Å². The number of aryl methyl sites for hydroxylation is 1. The Bertz CT molecular complexity index is 1350. The predicted octanol–water partition coefficient (Wildman–Crippen LogP) is 4.11. The van der Waals surface area contributed by atoms with Crippen molar-refractivity contribution >= 4 is 29.0 Å². The first-order valence-corrected chi connectivity index (χ1v) is 11.0. The van der Waals surface area contributed by atoms with E-state index >= 15 is 0 Å². The zero-order chi connectivity index (χ0) is 26.0. The van der Waals surface area contributed by atoms with Crippen LogP contribution in [0.5, 0.6) is 0 Å². The van der Waals surface area contributed by atoms with E-state index in [0.29, 0.717) is 11.8 Å². The lowest BCUT2D eigenvalue weighted by atomic mass is 10.1. The zero-order valence-corrected chi connectivity index (χ0v) is 19.5. The Balaban J connectivity index is 1.65. The molecule has 0 unspecified atom stereocenters. The summed E-state index contributed by atoms with van der Waals surface area (Å²) in [6, 6.07) is 11.4. The molecule has 0 saturated carbocycles. The molecule has 0 spiro atoms. The standard InChI is InChI=1S/C24H23F3N6O3/c1-14-11-16(8-9-18(14)32-10-4-7-21(32)31-36-2)29-23(35)19-13-20(24(25,26)27)30-33(19)17-6-3-5-15(12-17)22(28)34/h3,5-6,8-9,11-13H,4,7,10H2,1-2H3,(H2,28,34)(H,29,35)/b31-21-. The molecule has 1 fully saturated rings. The van der Waals surface area contributed by atoms with E-state index < -0.39 is 23.7 Å². The van der Waals surface area contributed by atoms with Gasteiger partial charge in [0.25, 0.3) is 5.91 Å². The van der Waals surface area contributed by atoms with E-state index in [-0.39, 0.29) is 16.9 Å². The molecule has 0 aliphatic carbocycles. The summed E-state index contributed by atoms with van der Waals surface area (Å²) in [5, 5.41) is 10.3. The van der Waals surface area contributed by atoms with Gasteiger partial charge in [-0.2, -0.15) is 18.3 Å². The fourth-order valence-electron chi connectivity index (χ4n) is 4.02. The highest BCUT2D eigenvalue weighted by atomic mass is 19.4. The van der Waals surface area contributed by atoms with Crippen LogP contribution < -0.4 is 16.0 Å². The molecule has 2 amide bonds. The summed E-state index contributed by atoms with van der Waals surface area (Å²) in [7, 11) is 1.48. The maximum absolute atomic E-state index is 13.4. The van der Waals surface area contributed by atoms with Crippen molar-refractivity contribution in [2.24, 2.45) is 10.9 Å². The van der Waals surface area contributed by atoms with E-state index in [1.807, 2.05) is 11.8 Å². The summed E-state index contributed by atoms with van der Waals surface area (Å²) >= 11 is 0. The fraction of sp³-hybridized carbons (Fsp3) is 0.250. The number of halogens is 3. The number of primary amides is 1. The largest absolute Gasteiger partial charge is 0.435 e. The lowest BCUT2D eigenvalue weighted by molar-refractivity contribution is -0.141. The van der Waals surface area contributed by atoms with Crippen LogP contribution in [0.15, 0.2) is 53.7 Å². The van der Waals surface area contributed by atoms with Crippen molar-refractivity contribution in [1.29, 1.82) is 0 Å². The number of carbonyl (C=O) groups excluding carboxylic acids is 2. The molecule has 2 heterocycles. The van der Waals surface area contributed by atoms with Crippen LogP contribution >= 0.6 is 0 Å². The summed E-state index contributed by atoms with van der Waals surface area (Å²) in [6.07, 6.45) is -3.09. The number of rotatable bonds is 6. The highest BCUT2D eigenvalue weighted by molar-refractivity contribution is 6.04. The maximum Gasteiger partial charge on any atom is 0.435 e. The van der Waals surface area contributed by atoms with Crippen LogP contribution in [0.2, 0.25) is 0 Å². The number of amidine groups is 1. The number of benzene rings is 2. The minimum absolute atomic E-state index is 0.0624. The summed E-state index contributed by atoms with van der Waals surface area (Å²) in [5.74, 6) is -0.782. The molecule has 9 nitrogen and oxygen atoms in total. The normalized spacial score (nSPS) is 14.8. The number of hydrogen-bond acceptors (Lipinski definition) is 5. The number of nitrogens with one attached hydrogen (secondary N) is 1. The molecule has 3 N–H and O–H groups in total. The van der Waals surface area contributed by atoms with Gasteiger partial charge < -0.3 is 20.8 Å². The predicted molar refractivity (Wildman–Crippen MR) is 127 cm³/mol. The number of oxime groups is 1. The molecular formula is C24H23F3N6O3. The average Bonchev–Trinajstić information content (AvgIpc) is 3.47. The van der Waals surface area contributed by atoms with Gasteiger partial charge in [-0.3, -0.25) is 9.59 Å². The van der Waals surface area contributed by atoms with E-state index in [1.54, 1.807) is 18.2 Å². The second-order valence-electron chi connectivity index (χ2n) is 8.14. The molecule has 0 atom stereocenters. The first-order valence-electron chi connectivity index (χ1n) is 11.0. The first kappa shape index (κ1) is 24.8. The molecule has 0 bridgehead atoms. The number of aromatic nitrogens is 2. The molecule has 1 aliphatic heterocycles. The molecule has 1 saturated heterocycles. The van der Waals surface area contributed by atoms with Gasteiger partial charge >= 0.3 is 6.18 Å². The topological polar surface area (TPSA) is 115 Å². The van der Waals surface area contributed by atoms with Gasteiger partial charge in [0, 0.05) is 36.0 Å². The van der Waals surface area contributed by atoms with Crippen molar-refractivity contribution in [3.63, 3.8) is 0 Å². The number of nitrogens with zero attached hydrogens (tertiary/aromatic N) is 4. The molecule has 188 valence electrons. The minimum atomic E-state index is -4.78. The van der Waals surface area contributed by atoms with Crippen LogP contribution in [-0.4, -0.2) is 41.1 Å². The van der Waals surface area contributed by atoms with Gasteiger partial charge in [0.1, 0.15) is 18.6 Å². The van der Waals surface area contributed by atoms with Crippen LogP contribution in [0.1, 0.15) is 44.9 Å². The quantitative estimate of drug-likeness (QED) is 0.495. The molecule has 12 heteroatoms. The van der Waals surface area contributed by atoms with Gasteiger partial charge in [-0.25, -0.2) is 4.68 Å². The zero-order valence-electron chi connectivity index (χ0n) is 19.5. The molecule has 1 aromatic heterocycles. The Morgan fingerprint density at radius 3 is 2.61 bits per heavy atom. The highest BCUT2D eigenvalue weighted by Gasteiger charge is 2.36. The smallest absolute Gasteiger partial charge is 0.398 e. The number of alkyl halides is 3. The van der Waals surface area contributed by atoms with Gasteiger partial charge in [-0.1, -0.05) is 11.2 Å². The van der Waals surface area contributed by atoms with Crippen LogP contribution in [0.25, 0.3) is 5.69 Å². The number of anilines is 2. The average molecular weight is 500 g/mol. The van der Waals surface area contributed by atoms with Crippen molar-refractivity contribution in [2.45, 2.75) is 25.9 Å². The maximum atomic E-state index is 13.4. The van der Waals surface area contributed by atoms with Gasteiger partial charge in [-0.15, -0.1) is 0 Å². The summed E-state index contributed by atoms with van der Waals surface area (Å²) < 4.78 is 41.1. The lowest BCUT2D eigenvalue weighted by Crippen LogP contribution is -2.25. The first-order chi connectivity index (χ1) is 17.1. The van der Waals surface area contributed by atoms with E-state index in [4.69, 9.17) is 10.6 Å². The molecule has 36 heavy (non-hydrogen) atoms. The number of nitrogens with two attached hydrogens (primary N) is 1. The Hall–Kier alpha value is -4.35. The Kier molecular flexibility index (Phi) is 6.69. The van der Waals surface area contributed by atoms with Gasteiger partial charge in [0.05, 0.1) is 5.69 Å². The van der Waals surface area contributed by atoms with E-state index in [1.165, 1.54) is 31.4 Å². The van der Waals surface area contributed by atoms with Crippen molar-refractivity contribution in [3.8, 4) is 5.69 Å². The van der Waals surface area contributed by atoms with Crippen molar-refractivity contribution in [2.75, 3.05) is 23.9 Å². The van der Waals surface area contributed by atoms with Crippen molar-refractivity contribution in [3.05, 3.63) is 71.0 Å². The van der Waals surface area contributed by atoms with Crippen LogP contribution in [-0.2, 0) is 11.0 Å². The highest BCUT2D eigenvalue weighted by Crippen LogP contribution is 2.31. The molecule has 3 aromatic rings. The van der Waals surface area contributed by atoms with E-state index in [2.05, 4.69) is 15.6 Å². The SMILES string of the molecule is CO/N=C1/CCCN1c1ccc(NC(=O)c2cc(C(F)(F)F)nn2-c2cccc(C(N)=O)c2)cc1C. The monoisotopic (exact) mass is 500 g/mol. The number of carbonyl (C=O) groups is 2. The Morgan fingerprint density at radius 2 is 1.94 bits per heavy atom. The third-order valence-corrected chi connectivity index (χ3v) is 5.64. The third-order valence-electron chi connectivity index (χ3n) is 5.64. The van der Waals surface area contributed by atoms with E-state index in [9.17, 15) is 22.8 Å². The molecule has 2 aromatic carbocycles. The van der Waals surface area contributed by atoms with E-state index in [0.717, 1.165) is 41.2 Å². The second-order valence-corrected chi connectivity index (χ2v) is 8.14. The second kappa shape index (κ2) is 9.72. The van der Waals surface area contributed by atoms with Gasteiger partial charge in [0.2, 0.25) is 5.91 Å². The molecule has 4 rings (SSSR count).